The summed E-state index contributed by atoms with van der Waals surface area (Å²) >= 11 is 6.20. The van der Waals surface area contributed by atoms with E-state index in [0.29, 0.717) is 5.92 Å². The number of benzene rings is 1. The van der Waals surface area contributed by atoms with Crippen LogP contribution in [0.2, 0.25) is 5.02 Å². The number of halogens is 1. The molecule has 0 unspecified atom stereocenters. The molecule has 2 aliphatic rings. The number of nitrogens with zero attached hydrogens (tertiary/aromatic N) is 3. The van der Waals surface area contributed by atoms with Crippen LogP contribution in [0, 0.1) is 0 Å². The van der Waals surface area contributed by atoms with E-state index in [1.807, 2.05) is 6.07 Å². The van der Waals surface area contributed by atoms with Gasteiger partial charge in [-0.1, -0.05) is 30.9 Å². The quantitative estimate of drug-likeness (QED) is 0.677. The van der Waals surface area contributed by atoms with Gasteiger partial charge in [0.15, 0.2) is 0 Å². The number of fused-ring (bicyclic) bond motifs is 2. The molecule has 1 fully saturated rings. The fraction of sp³-hybridized carbons (Fsp3) is 0.455. The zero-order chi connectivity index (χ0) is 18.2. The Hall–Kier alpha value is -1.91. The molecule has 0 amide bonds. The van der Waals surface area contributed by atoms with Crippen LogP contribution >= 0.6 is 11.6 Å². The number of hydrogen-bond donors (Lipinski definition) is 1. The number of nitrogens with one attached hydrogen (secondary N) is 1. The molecule has 1 aromatic carbocycles. The fourth-order valence-electron chi connectivity index (χ4n) is 4.59. The Balaban J connectivity index is 1.36. The first-order valence-corrected chi connectivity index (χ1v) is 10.5. The summed E-state index contributed by atoms with van der Waals surface area (Å²) < 4.78 is 0. The molecule has 4 nitrogen and oxygen atoms in total. The Morgan fingerprint density at radius 2 is 2.07 bits per heavy atom. The third-order valence-corrected chi connectivity index (χ3v) is 6.37. The van der Waals surface area contributed by atoms with E-state index in [4.69, 9.17) is 21.6 Å². The first-order chi connectivity index (χ1) is 13.3. The van der Waals surface area contributed by atoms with Crippen LogP contribution in [0.1, 0.15) is 60.7 Å². The maximum absolute atomic E-state index is 6.20. The Morgan fingerprint density at radius 1 is 1.19 bits per heavy atom. The predicted molar refractivity (Wildman–Crippen MR) is 109 cm³/mol. The zero-order valence-corrected chi connectivity index (χ0v) is 16.3. The molecule has 2 aromatic heterocycles. The van der Waals surface area contributed by atoms with Crippen LogP contribution < -0.4 is 0 Å². The molecule has 0 radical (unpaired) electrons. The lowest BCUT2D eigenvalue weighted by Crippen LogP contribution is -2.31. The van der Waals surface area contributed by atoms with Crippen molar-refractivity contribution in [3.8, 4) is 0 Å². The van der Waals surface area contributed by atoms with Gasteiger partial charge in [0, 0.05) is 53.9 Å². The van der Waals surface area contributed by atoms with Crippen LogP contribution in [0.3, 0.4) is 0 Å². The Morgan fingerprint density at radius 3 is 2.96 bits per heavy atom. The van der Waals surface area contributed by atoms with Gasteiger partial charge >= 0.3 is 0 Å². The predicted octanol–water partition coefficient (Wildman–Crippen LogP) is 5.22. The van der Waals surface area contributed by atoms with Gasteiger partial charge in [0.2, 0.25) is 0 Å². The molecule has 0 bridgehead atoms. The van der Waals surface area contributed by atoms with Crippen LogP contribution in [0.4, 0.5) is 0 Å². The van der Waals surface area contributed by atoms with E-state index in [1.165, 1.54) is 54.3 Å². The molecule has 140 valence electrons. The number of H-pyrrole nitrogens is 1. The van der Waals surface area contributed by atoms with E-state index in [9.17, 15) is 0 Å². The second kappa shape index (κ2) is 7.25. The molecule has 1 aliphatic carbocycles. The van der Waals surface area contributed by atoms with E-state index in [0.717, 1.165) is 42.4 Å². The monoisotopic (exact) mass is 380 g/mol. The normalized spacial score (nSPS) is 18.7. The fourth-order valence-corrected chi connectivity index (χ4v) is 4.76. The molecule has 1 aliphatic heterocycles. The molecular formula is C22H25ClN4. The van der Waals surface area contributed by atoms with Gasteiger partial charge in [0.05, 0.1) is 5.69 Å². The average molecular weight is 381 g/mol. The van der Waals surface area contributed by atoms with Gasteiger partial charge in [-0.15, -0.1) is 0 Å². The van der Waals surface area contributed by atoms with E-state index in [-0.39, 0.29) is 0 Å². The van der Waals surface area contributed by atoms with Crippen molar-refractivity contribution in [2.24, 2.45) is 0 Å². The summed E-state index contributed by atoms with van der Waals surface area (Å²) in [7, 11) is 0. The summed E-state index contributed by atoms with van der Waals surface area (Å²) in [5.74, 6) is 1.64. The SMILES string of the molecule is Clc1ccc2[nH]cc(CN3CCc4cnc(C5CCCCC5)nc4C3)c2c1. The van der Waals surface area contributed by atoms with Crippen molar-refractivity contribution in [2.75, 3.05) is 6.54 Å². The van der Waals surface area contributed by atoms with E-state index in [2.05, 4.69) is 34.4 Å². The smallest absolute Gasteiger partial charge is 0.131 e. The molecule has 0 saturated heterocycles. The van der Waals surface area contributed by atoms with Crippen molar-refractivity contribution in [2.45, 2.75) is 57.5 Å². The molecule has 27 heavy (non-hydrogen) atoms. The van der Waals surface area contributed by atoms with Crippen LogP contribution in [0.5, 0.6) is 0 Å². The van der Waals surface area contributed by atoms with Gasteiger partial charge in [-0.25, -0.2) is 9.97 Å². The van der Waals surface area contributed by atoms with E-state index >= 15 is 0 Å². The summed E-state index contributed by atoms with van der Waals surface area (Å²) in [5.41, 5.74) is 5.01. The highest BCUT2D eigenvalue weighted by Crippen LogP contribution is 2.32. The molecule has 1 N–H and O–H groups in total. The number of aromatic nitrogens is 3. The molecule has 1 saturated carbocycles. The first-order valence-electron chi connectivity index (χ1n) is 10.1. The van der Waals surface area contributed by atoms with Crippen molar-refractivity contribution in [1.82, 2.24) is 19.9 Å². The Labute approximate surface area is 165 Å². The van der Waals surface area contributed by atoms with Gasteiger partial charge in [0.25, 0.3) is 0 Å². The molecular weight excluding hydrogens is 356 g/mol. The molecule has 5 rings (SSSR count). The third-order valence-electron chi connectivity index (χ3n) is 6.14. The second-order valence-electron chi connectivity index (χ2n) is 8.00. The van der Waals surface area contributed by atoms with Crippen LogP contribution in [-0.2, 0) is 19.5 Å². The van der Waals surface area contributed by atoms with Gasteiger partial charge in [-0.05, 0) is 48.6 Å². The summed E-state index contributed by atoms with van der Waals surface area (Å²) in [6, 6.07) is 6.05. The Bertz CT molecular complexity index is 958. The molecule has 3 aromatic rings. The van der Waals surface area contributed by atoms with Gasteiger partial charge in [0.1, 0.15) is 5.82 Å². The highest BCUT2D eigenvalue weighted by molar-refractivity contribution is 6.31. The maximum Gasteiger partial charge on any atom is 0.131 e. The molecule has 0 spiro atoms. The van der Waals surface area contributed by atoms with Gasteiger partial charge in [-0.3, -0.25) is 4.90 Å². The van der Waals surface area contributed by atoms with Gasteiger partial charge in [-0.2, -0.15) is 0 Å². The molecule has 0 atom stereocenters. The minimum atomic E-state index is 0.565. The lowest BCUT2D eigenvalue weighted by Gasteiger charge is -2.29. The lowest BCUT2D eigenvalue weighted by atomic mass is 9.88. The van der Waals surface area contributed by atoms with E-state index in [1.54, 1.807) is 0 Å². The standard InChI is InChI=1S/C22H25ClN4/c23-18-6-7-20-19(10-18)17(12-24-20)13-27-9-8-16-11-25-22(26-21(16)14-27)15-4-2-1-3-5-15/h6-7,10-12,15,24H,1-5,8-9,13-14H2. The van der Waals surface area contributed by atoms with Crippen LogP contribution in [0.15, 0.2) is 30.6 Å². The van der Waals surface area contributed by atoms with Crippen molar-refractivity contribution >= 4 is 22.5 Å². The number of aromatic amines is 1. The van der Waals surface area contributed by atoms with Crippen LogP contribution in [0.25, 0.3) is 10.9 Å². The minimum Gasteiger partial charge on any atom is -0.361 e. The van der Waals surface area contributed by atoms with E-state index < -0.39 is 0 Å². The minimum absolute atomic E-state index is 0.565. The summed E-state index contributed by atoms with van der Waals surface area (Å²) in [6.07, 6.45) is 11.7. The third kappa shape index (κ3) is 3.48. The summed E-state index contributed by atoms with van der Waals surface area (Å²) in [4.78, 5) is 15.6. The highest BCUT2D eigenvalue weighted by atomic mass is 35.5. The highest BCUT2D eigenvalue weighted by Gasteiger charge is 2.23. The first kappa shape index (κ1) is 17.2. The average Bonchev–Trinajstić information content (AvgIpc) is 3.10. The summed E-state index contributed by atoms with van der Waals surface area (Å²) in [5, 5.41) is 2.01. The van der Waals surface area contributed by atoms with Crippen molar-refractivity contribution in [3.63, 3.8) is 0 Å². The summed E-state index contributed by atoms with van der Waals surface area (Å²) in [6.45, 7) is 2.87. The lowest BCUT2D eigenvalue weighted by molar-refractivity contribution is 0.241. The van der Waals surface area contributed by atoms with Gasteiger partial charge < -0.3 is 4.98 Å². The number of rotatable bonds is 3. The Kier molecular flexibility index (Phi) is 4.62. The maximum atomic E-state index is 6.20. The van der Waals surface area contributed by atoms with Crippen molar-refractivity contribution in [1.29, 1.82) is 0 Å². The van der Waals surface area contributed by atoms with Crippen molar-refractivity contribution in [3.05, 3.63) is 58.3 Å². The van der Waals surface area contributed by atoms with Crippen molar-refractivity contribution < 1.29 is 0 Å². The largest absolute Gasteiger partial charge is 0.361 e. The number of hydrogen-bond acceptors (Lipinski definition) is 3. The zero-order valence-electron chi connectivity index (χ0n) is 15.5. The topological polar surface area (TPSA) is 44.8 Å². The second-order valence-corrected chi connectivity index (χ2v) is 8.44. The van der Waals surface area contributed by atoms with Crippen LogP contribution in [-0.4, -0.2) is 26.4 Å². The molecule has 5 heteroatoms. The molecule has 3 heterocycles.